The number of carboxylic acids is 1. The molecule has 4 N–H and O–H groups in total. The van der Waals surface area contributed by atoms with Gasteiger partial charge in [0.1, 0.15) is 0 Å². The third kappa shape index (κ3) is 7.85. The van der Waals surface area contributed by atoms with Crippen LogP contribution in [0, 0.1) is 28.6 Å². The van der Waals surface area contributed by atoms with E-state index in [0.717, 1.165) is 76.9 Å². The summed E-state index contributed by atoms with van der Waals surface area (Å²) in [7, 11) is -3.99. The number of anilines is 2. The number of carbonyl (C=O) groups excluding carboxylic acids is 1. The summed E-state index contributed by atoms with van der Waals surface area (Å²) < 4.78 is 34.6. The van der Waals surface area contributed by atoms with Gasteiger partial charge in [0.2, 0.25) is 0 Å². The van der Waals surface area contributed by atoms with E-state index < -0.39 is 16.1 Å². The molecule has 1 aliphatic heterocycles. The minimum Gasteiger partial charge on any atom is -0.476 e. The number of carboxylic acid groups (broad SMARTS) is 1. The highest BCUT2D eigenvalue weighted by molar-refractivity contribution is 7.85. The first-order chi connectivity index (χ1) is 28.5. The highest BCUT2D eigenvalue weighted by Crippen LogP contribution is 2.75. The van der Waals surface area contributed by atoms with Crippen LogP contribution >= 0.6 is 11.3 Å². The van der Waals surface area contributed by atoms with Crippen molar-refractivity contribution >= 4 is 54.4 Å². The number of nitrogens with zero attached hydrogens (tertiary/aromatic N) is 5. The molecule has 5 aliphatic rings. The maximum atomic E-state index is 13.8. The van der Waals surface area contributed by atoms with Crippen molar-refractivity contribution in [2.45, 2.75) is 91.6 Å². The number of nitrogens with one attached hydrogen (secondary N) is 2. The Morgan fingerprint density at radius 2 is 1.72 bits per heavy atom. The Kier molecular flexibility index (Phi) is 10.2. The Morgan fingerprint density at radius 3 is 2.47 bits per heavy atom. The van der Waals surface area contributed by atoms with Crippen LogP contribution in [0.1, 0.15) is 103 Å². The molecule has 4 aliphatic carbocycles. The maximum absolute atomic E-state index is 13.8. The molecule has 4 saturated carbocycles. The van der Waals surface area contributed by atoms with E-state index in [-0.39, 0.29) is 45.6 Å². The fraction of sp³-hybridized carbons (Fsp3) is 0.489. The molecule has 0 radical (unpaired) electrons. The second kappa shape index (κ2) is 15.0. The normalized spacial score (nSPS) is 25.8. The number of thiazole rings is 1. The summed E-state index contributed by atoms with van der Waals surface area (Å²) >= 11 is 1.44. The van der Waals surface area contributed by atoms with Crippen LogP contribution in [0.15, 0.2) is 60.9 Å². The Bertz CT molecular complexity index is 2570. The third-order valence-corrected chi connectivity index (χ3v) is 15.4. The summed E-state index contributed by atoms with van der Waals surface area (Å²) in [5.74, 6) is -1.62. The van der Waals surface area contributed by atoms with Gasteiger partial charge >= 0.3 is 5.97 Å². The lowest BCUT2D eigenvalue weighted by Crippen LogP contribution is -2.60. The first-order valence-electron chi connectivity index (χ1n) is 21.0. The zero-order chi connectivity index (χ0) is 42.1. The first kappa shape index (κ1) is 40.7. The largest absolute Gasteiger partial charge is 0.476 e. The molecule has 0 spiro atoms. The van der Waals surface area contributed by atoms with E-state index in [2.05, 4.69) is 50.1 Å². The highest BCUT2D eigenvalue weighted by atomic mass is 32.2. The maximum Gasteiger partial charge on any atom is 0.355 e. The molecule has 10 rings (SSSR count). The molecule has 1 amide bonds. The molecule has 5 aromatic rings. The fourth-order valence-electron chi connectivity index (χ4n) is 12.9. The third-order valence-electron chi connectivity index (χ3n) is 13.8. The SMILES string of the molecule is Cc1c(-c2c(N3CCc4cccc(C(=O)Nc5nc6ccccc6s5)c4C3)ccnc2C(=O)O)cnn1CC12CC3(C)CC(C)(CC(CCCNCCS(=O)(=O)O)(C3)C1)C2. The molecule has 2 atom stereocenters. The van der Waals surface area contributed by atoms with Crippen LogP contribution in [0.3, 0.4) is 0 Å². The van der Waals surface area contributed by atoms with Crippen LogP contribution in [-0.2, 0) is 29.6 Å². The van der Waals surface area contributed by atoms with Crippen LogP contribution < -0.4 is 15.5 Å². The van der Waals surface area contributed by atoms with E-state index in [9.17, 15) is 23.1 Å². The smallest absolute Gasteiger partial charge is 0.355 e. The van der Waals surface area contributed by atoms with Gasteiger partial charge in [-0.25, -0.2) is 14.8 Å². The van der Waals surface area contributed by atoms with Crippen LogP contribution in [0.4, 0.5) is 10.8 Å². The van der Waals surface area contributed by atoms with Gasteiger partial charge in [-0.05, 0) is 128 Å². The van der Waals surface area contributed by atoms with Gasteiger partial charge in [0.25, 0.3) is 16.0 Å². The molecule has 2 aromatic carbocycles. The second-order valence-corrected chi connectivity index (χ2v) is 21.6. The predicted molar refractivity (Wildman–Crippen MR) is 233 cm³/mol. The van der Waals surface area contributed by atoms with Gasteiger partial charge < -0.3 is 15.3 Å². The van der Waals surface area contributed by atoms with Gasteiger partial charge in [-0.2, -0.15) is 13.5 Å². The number of hydrogen-bond donors (Lipinski definition) is 4. The number of para-hydroxylation sites is 1. The van der Waals surface area contributed by atoms with Gasteiger partial charge in [0.15, 0.2) is 10.8 Å². The molecule has 4 bridgehead atoms. The van der Waals surface area contributed by atoms with Crippen molar-refractivity contribution in [3.05, 3.63) is 89.0 Å². The second-order valence-electron chi connectivity index (χ2n) is 19.0. The number of pyridine rings is 1. The minimum atomic E-state index is -3.99. The number of aromatic nitrogens is 4. The van der Waals surface area contributed by atoms with Crippen molar-refractivity contribution in [1.29, 1.82) is 0 Å². The Labute approximate surface area is 354 Å². The fourth-order valence-corrected chi connectivity index (χ4v) is 14.2. The lowest BCUT2D eigenvalue weighted by Gasteiger charge is -2.70. The van der Waals surface area contributed by atoms with Gasteiger partial charge in [0, 0.05) is 60.4 Å². The zero-order valence-corrected chi connectivity index (χ0v) is 36.1. The first-order valence-corrected chi connectivity index (χ1v) is 23.4. The van der Waals surface area contributed by atoms with Crippen molar-refractivity contribution in [2.24, 2.45) is 21.7 Å². The van der Waals surface area contributed by atoms with Gasteiger partial charge in [0.05, 0.1) is 22.2 Å². The molecule has 4 fully saturated rings. The van der Waals surface area contributed by atoms with Crippen molar-refractivity contribution in [3.8, 4) is 11.1 Å². The van der Waals surface area contributed by atoms with Crippen LogP contribution in [0.5, 0.6) is 0 Å². The van der Waals surface area contributed by atoms with E-state index >= 15 is 0 Å². The minimum absolute atomic E-state index is 0.0261. The average molecular weight is 852 g/mol. The molecule has 0 saturated heterocycles. The number of fused-ring (bicyclic) bond motifs is 2. The van der Waals surface area contributed by atoms with Gasteiger partial charge in [-0.3, -0.25) is 19.3 Å². The summed E-state index contributed by atoms with van der Waals surface area (Å²) in [6.07, 6.45) is 13.0. The number of carbonyl (C=O) groups is 2. The zero-order valence-electron chi connectivity index (χ0n) is 34.5. The van der Waals surface area contributed by atoms with Crippen LogP contribution in [0.2, 0.25) is 0 Å². The number of rotatable bonds is 14. The Balaban J connectivity index is 0.980. The number of aromatic carboxylic acids is 1. The molecule has 13 nitrogen and oxygen atoms in total. The van der Waals surface area contributed by atoms with Crippen molar-refractivity contribution in [1.82, 2.24) is 25.1 Å². The van der Waals surface area contributed by atoms with Gasteiger partial charge in [-0.1, -0.05) is 49.4 Å². The highest BCUT2D eigenvalue weighted by Gasteiger charge is 2.65. The molecule has 316 valence electrons. The van der Waals surface area contributed by atoms with Crippen molar-refractivity contribution in [2.75, 3.05) is 35.6 Å². The van der Waals surface area contributed by atoms with Crippen LogP contribution in [-0.4, -0.2) is 75.1 Å². The number of hydrogen-bond acceptors (Lipinski definition) is 10. The molecule has 2 unspecified atom stereocenters. The molecular weight excluding hydrogens is 799 g/mol. The summed E-state index contributed by atoms with van der Waals surface area (Å²) in [4.78, 5) is 37.9. The lowest BCUT2D eigenvalue weighted by atomic mass is 9.35. The topological polar surface area (TPSA) is 180 Å². The van der Waals surface area contributed by atoms with E-state index in [1.165, 1.54) is 30.6 Å². The van der Waals surface area contributed by atoms with E-state index in [1.54, 1.807) is 6.20 Å². The quantitative estimate of drug-likeness (QED) is 0.0628. The summed E-state index contributed by atoms with van der Waals surface area (Å²) in [5, 5.41) is 22.3. The van der Waals surface area contributed by atoms with E-state index in [4.69, 9.17) is 9.65 Å². The number of amides is 1. The van der Waals surface area contributed by atoms with Crippen LogP contribution in [0.25, 0.3) is 21.3 Å². The van der Waals surface area contributed by atoms with E-state index in [0.29, 0.717) is 42.3 Å². The summed E-state index contributed by atoms with van der Waals surface area (Å²) in [6.45, 7) is 9.72. The molecule has 60 heavy (non-hydrogen) atoms. The predicted octanol–water partition coefficient (Wildman–Crippen LogP) is 8.00. The summed E-state index contributed by atoms with van der Waals surface area (Å²) in [5.41, 5.74) is 6.96. The lowest BCUT2D eigenvalue weighted by molar-refractivity contribution is -0.197. The van der Waals surface area contributed by atoms with Crippen molar-refractivity contribution < 1.29 is 27.7 Å². The molecular formula is C45H53N7O6S2. The Morgan fingerprint density at radius 1 is 0.950 bits per heavy atom. The molecule has 4 heterocycles. The summed E-state index contributed by atoms with van der Waals surface area (Å²) in [6, 6.07) is 15.5. The Hall–Kier alpha value is -4.70. The standard InChI is InChI=1S/C45H53N7O6S2/c1-29-32(20-48-52(29)28-45-25-42(2)22-43(3,26-45)24-44(23-42,27-45)14-7-15-46-17-19-60(56,57)58)37-35(12-16-47-38(37)40(54)55)51-18-13-30-8-6-9-31(33(30)21-51)39(53)50-41-49-34-10-4-5-11-36(34)59-41/h4-6,8-12,16,20,46H,7,13-15,17-19,21-28H2,1-3H3,(H,54,55)(H,49,50,53)(H,56,57,58). The van der Waals surface area contributed by atoms with Crippen molar-refractivity contribution in [3.63, 3.8) is 0 Å². The average Bonchev–Trinajstić information content (AvgIpc) is 3.74. The monoisotopic (exact) mass is 851 g/mol. The molecule has 15 heteroatoms. The van der Waals surface area contributed by atoms with Gasteiger partial charge in [-0.15, -0.1) is 0 Å². The van der Waals surface area contributed by atoms with E-state index in [1.807, 2.05) is 55.6 Å². The molecule has 3 aromatic heterocycles. The number of benzene rings is 2.